The molecule has 3 aromatic carbocycles. The molecule has 1 heterocycles. The predicted molar refractivity (Wildman–Crippen MR) is 107 cm³/mol. The van der Waals surface area contributed by atoms with Crippen LogP contribution in [0.4, 0.5) is 0 Å². The molecular weight excluding hydrogens is 398 g/mol. The Hall–Kier alpha value is -4.31. The number of fused-ring (bicyclic) bond motifs is 1. The fourth-order valence-corrected chi connectivity index (χ4v) is 3.41. The van der Waals surface area contributed by atoms with Gasteiger partial charge in [-0.05, 0) is 29.3 Å². The first-order valence-corrected chi connectivity index (χ1v) is 9.47. The van der Waals surface area contributed by atoms with Crippen molar-refractivity contribution in [2.24, 2.45) is 0 Å². The Kier molecular flexibility index (Phi) is 5.54. The molecule has 3 aromatic rings. The highest BCUT2D eigenvalue weighted by Crippen LogP contribution is 2.39. The highest BCUT2D eigenvalue weighted by atomic mass is 16.5. The van der Waals surface area contributed by atoms with E-state index in [4.69, 9.17) is 19.5 Å². The summed E-state index contributed by atoms with van der Waals surface area (Å²) >= 11 is 0. The number of nitriles is 1. The van der Waals surface area contributed by atoms with Crippen LogP contribution in [0.3, 0.4) is 0 Å². The zero-order valence-corrected chi connectivity index (χ0v) is 16.2. The quantitative estimate of drug-likeness (QED) is 0.570. The molecule has 0 N–H and O–H groups in total. The van der Waals surface area contributed by atoms with Crippen LogP contribution in [0.15, 0.2) is 66.7 Å². The van der Waals surface area contributed by atoms with Gasteiger partial charge in [0.05, 0.1) is 18.0 Å². The summed E-state index contributed by atoms with van der Waals surface area (Å²) < 4.78 is 16.4. The molecule has 0 fully saturated rings. The van der Waals surface area contributed by atoms with Gasteiger partial charge in [0, 0.05) is 11.6 Å². The van der Waals surface area contributed by atoms with Gasteiger partial charge in [0.15, 0.2) is 5.78 Å². The molecule has 1 aliphatic rings. The fourth-order valence-electron chi connectivity index (χ4n) is 3.41. The van der Waals surface area contributed by atoms with E-state index in [1.165, 1.54) is 12.3 Å². The van der Waals surface area contributed by atoms with Gasteiger partial charge >= 0.3 is 0 Å². The average Bonchev–Trinajstić information content (AvgIpc) is 2.78. The number of Topliss-reactive ketones (excluding diaryl/α,β-unsaturated/α-hetero) is 1. The number of nitrogens with zero attached hydrogens (tertiary/aromatic N) is 1. The number of ketones is 1. The minimum Gasteiger partial charge on any atom is -0.545 e. The molecule has 31 heavy (non-hydrogen) atoms. The van der Waals surface area contributed by atoms with Gasteiger partial charge in [0.25, 0.3) is 6.26 Å². The Balaban J connectivity index is 1.54. The van der Waals surface area contributed by atoms with Crippen molar-refractivity contribution >= 4 is 11.8 Å². The number of carbonyl (C=O) groups is 2. The summed E-state index contributed by atoms with van der Waals surface area (Å²) in [7, 11) is 0. The van der Waals surface area contributed by atoms with Crippen molar-refractivity contribution in [1.29, 1.82) is 5.26 Å². The van der Waals surface area contributed by atoms with E-state index < -0.39 is 17.9 Å². The van der Waals surface area contributed by atoms with Crippen LogP contribution in [0.2, 0.25) is 0 Å². The van der Waals surface area contributed by atoms with Crippen molar-refractivity contribution in [1.82, 2.24) is 0 Å². The summed E-state index contributed by atoms with van der Waals surface area (Å²) in [5.74, 6) is -1.27. The number of ether oxygens (including phenoxy) is 3. The third-order valence-corrected chi connectivity index (χ3v) is 4.88. The molecule has 154 valence electrons. The predicted octanol–water partition coefficient (Wildman–Crippen LogP) is 3.20. The molecule has 7 nitrogen and oxygen atoms in total. The Bertz CT molecular complexity index is 1170. The number of hydrogen-bond acceptors (Lipinski definition) is 7. The molecule has 0 bridgehead atoms. The normalized spacial score (nSPS) is 14.7. The van der Waals surface area contributed by atoms with Gasteiger partial charge in [-0.25, -0.2) is 0 Å². The second kappa shape index (κ2) is 8.59. The molecule has 1 unspecified atom stereocenters. The molecule has 0 aliphatic carbocycles. The van der Waals surface area contributed by atoms with Crippen molar-refractivity contribution in [2.45, 2.75) is 19.1 Å². The number of aromatic carboxylic acids is 1. The summed E-state index contributed by atoms with van der Waals surface area (Å²) in [4.78, 5) is 24.1. The van der Waals surface area contributed by atoms with Crippen LogP contribution < -0.4 is 19.3 Å². The molecule has 1 atom stereocenters. The molecule has 7 heteroatoms. The third kappa shape index (κ3) is 4.33. The monoisotopic (exact) mass is 414 g/mol. The number of carboxylic acid groups (broad SMARTS) is 1. The lowest BCUT2D eigenvalue weighted by Crippen LogP contribution is -2.28. The van der Waals surface area contributed by atoms with Gasteiger partial charge < -0.3 is 24.1 Å². The van der Waals surface area contributed by atoms with Gasteiger partial charge in [-0.1, -0.05) is 42.5 Å². The maximum atomic E-state index is 12.7. The molecule has 0 aromatic heterocycles. The summed E-state index contributed by atoms with van der Waals surface area (Å²) in [6.45, 7) is 0.430. The topological polar surface area (TPSA) is 109 Å². The minimum atomic E-state index is -1.55. The highest BCUT2D eigenvalue weighted by Gasteiger charge is 2.31. The Labute approximate surface area is 178 Å². The van der Waals surface area contributed by atoms with Crippen molar-refractivity contribution in [3.8, 4) is 23.5 Å². The Morgan fingerprint density at radius 1 is 1.10 bits per heavy atom. The van der Waals surface area contributed by atoms with Gasteiger partial charge in [-0.2, -0.15) is 0 Å². The zero-order chi connectivity index (χ0) is 21.8. The molecule has 0 radical (unpaired) electrons. The van der Waals surface area contributed by atoms with Crippen LogP contribution in [0.5, 0.6) is 17.2 Å². The lowest BCUT2D eigenvalue weighted by Gasteiger charge is -2.27. The zero-order valence-electron chi connectivity index (χ0n) is 16.2. The summed E-state index contributed by atoms with van der Waals surface area (Å²) in [5, 5.41) is 20.2. The highest BCUT2D eigenvalue weighted by molar-refractivity contribution is 6.08. The van der Waals surface area contributed by atoms with Gasteiger partial charge in [-0.15, -0.1) is 5.26 Å². The summed E-state index contributed by atoms with van der Waals surface area (Å²) in [6.07, 6.45) is 0.826. The van der Waals surface area contributed by atoms with Gasteiger partial charge in [0.2, 0.25) is 0 Å². The van der Waals surface area contributed by atoms with E-state index in [2.05, 4.69) is 0 Å². The largest absolute Gasteiger partial charge is 0.545 e. The van der Waals surface area contributed by atoms with Crippen molar-refractivity contribution in [3.05, 3.63) is 89.0 Å². The summed E-state index contributed by atoms with van der Waals surface area (Å²) in [5.41, 5.74) is 1.33. The fraction of sp³-hybridized carbons (Fsp3) is 0.125. The van der Waals surface area contributed by atoms with E-state index in [1.54, 1.807) is 24.3 Å². The number of carbonyl (C=O) groups excluding carboxylic acids is 2. The minimum absolute atomic E-state index is 0.0318. The first-order chi connectivity index (χ1) is 15.0. The molecular formula is C24H16NO6-. The number of rotatable bonds is 6. The van der Waals surface area contributed by atoms with E-state index in [0.29, 0.717) is 12.4 Å². The maximum absolute atomic E-state index is 12.7. The molecule has 0 saturated heterocycles. The number of benzene rings is 3. The van der Waals surface area contributed by atoms with Gasteiger partial charge in [-0.3, -0.25) is 4.79 Å². The van der Waals surface area contributed by atoms with Crippen LogP contribution >= 0.6 is 0 Å². The van der Waals surface area contributed by atoms with Crippen molar-refractivity contribution in [3.63, 3.8) is 0 Å². The van der Waals surface area contributed by atoms with E-state index in [0.717, 1.165) is 17.2 Å². The number of carboxylic acids is 1. The van der Waals surface area contributed by atoms with E-state index in [9.17, 15) is 14.7 Å². The van der Waals surface area contributed by atoms with Gasteiger partial charge in [0.1, 0.15) is 30.0 Å². The smallest absolute Gasteiger partial charge is 0.292 e. The second-order valence-corrected chi connectivity index (χ2v) is 6.90. The van der Waals surface area contributed by atoms with E-state index >= 15 is 0 Å². The molecule has 0 saturated carbocycles. The van der Waals surface area contributed by atoms with Crippen LogP contribution in [0.1, 0.15) is 44.4 Å². The lowest BCUT2D eigenvalue weighted by atomic mass is 9.92. The third-order valence-electron chi connectivity index (χ3n) is 4.88. The molecule has 0 amide bonds. The van der Waals surface area contributed by atoms with Crippen LogP contribution in [-0.2, 0) is 6.61 Å². The van der Waals surface area contributed by atoms with E-state index in [-0.39, 0.29) is 29.0 Å². The summed E-state index contributed by atoms with van der Waals surface area (Å²) in [6, 6.07) is 19.3. The number of hydrogen-bond donors (Lipinski definition) is 0. The van der Waals surface area contributed by atoms with Crippen molar-refractivity contribution in [2.75, 3.05) is 0 Å². The Morgan fingerprint density at radius 3 is 2.52 bits per heavy atom. The SMILES string of the molecule is N#COc1cc2c(c(C(=O)[O-])c1)C(=O)CC(c1ccc(OCc3ccccc3)cc1)O2. The average molecular weight is 414 g/mol. The van der Waals surface area contributed by atoms with Crippen LogP contribution in [-0.4, -0.2) is 11.8 Å². The second-order valence-electron chi connectivity index (χ2n) is 6.90. The van der Waals surface area contributed by atoms with E-state index in [1.807, 2.05) is 30.3 Å². The van der Waals surface area contributed by atoms with Crippen LogP contribution in [0.25, 0.3) is 0 Å². The molecule has 1 aliphatic heterocycles. The maximum Gasteiger partial charge on any atom is 0.292 e. The lowest BCUT2D eigenvalue weighted by molar-refractivity contribution is -0.255. The van der Waals surface area contributed by atoms with Crippen molar-refractivity contribution < 1.29 is 28.9 Å². The first kappa shape index (κ1) is 20.0. The molecule has 4 rings (SSSR count). The first-order valence-electron chi connectivity index (χ1n) is 9.47. The standard InChI is InChI=1S/C24H17NO6/c25-14-30-18-10-19(24(27)28)23-20(26)12-21(31-22(23)11-18)16-6-8-17(9-7-16)29-13-15-4-2-1-3-5-15/h1-11,21H,12-13H2,(H,27,28)/p-1. The molecule has 0 spiro atoms. The van der Waals surface area contributed by atoms with Crippen LogP contribution in [0, 0.1) is 11.5 Å². The Morgan fingerprint density at radius 2 is 1.84 bits per heavy atom.